The van der Waals surface area contributed by atoms with Gasteiger partial charge in [-0.05, 0) is 43.5 Å². The van der Waals surface area contributed by atoms with Gasteiger partial charge in [-0.2, -0.15) is 4.98 Å². The third-order valence-electron chi connectivity index (χ3n) is 4.13. The van der Waals surface area contributed by atoms with Crippen molar-refractivity contribution in [2.24, 2.45) is 0 Å². The second kappa shape index (κ2) is 6.76. The van der Waals surface area contributed by atoms with Crippen LogP contribution in [-0.4, -0.2) is 18.4 Å². The Labute approximate surface area is 151 Å². The summed E-state index contributed by atoms with van der Waals surface area (Å²) in [6, 6.07) is 17.5. The highest BCUT2D eigenvalue weighted by atomic mass is 32.2. The molecule has 0 aliphatic heterocycles. The number of rotatable bonds is 5. The van der Waals surface area contributed by atoms with E-state index >= 15 is 0 Å². The van der Waals surface area contributed by atoms with Gasteiger partial charge >= 0.3 is 0 Å². The van der Waals surface area contributed by atoms with Crippen LogP contribution >= 0.6 is 0 Å². The van der Waals surface area contributed by atoms with E-state index in [0.29, 0.717) is 11.6 Å². The number of nitrogens with zero attached hydrogens (tertiary/aromatic N) is 2. The summed E-state index contributed by atoms with van der Waals surface area (Å²) < 4.78 is 33.4. The molecular weight excluding hydrogens is 350 g/mol. The monoisotopic (exact) mass is 367 g/mol. The van der Waals surface area contributed by atoms with Gasteiger partial charge in [-0.3, -0.25) is 0 Å². The number of benzene rings is 2. The zero-order valence-corrected chi connectivity index (χ0v) is 14.7. The summed E-state index contributed by atoms with van der Waals surface area (Å²) >= 11 is 0. The minimum atomic E-state index is -3.75. The number of anilines is 1. The van der Waals surface area contributed by atoms with Crippen LogP contribution in [0.25, 0.3) is 0 Å². The largest absolute Gasteiger partial charge is 0.439 e. The SMILES string of the molecule is O=S(=O)(Nc1nc2c(c(Oc3ccccc3)n1)CCC2)c1ccccc1. The first kappa shape index (κ1) is 16.5. The minimum absolute atomic E-state index is 0.0282. The van der Waals surface area contributed by atoms with Gasteiger partial charge in [0, 0.05) is 5.56 Å². The predicted octanol–water partition coefficient (Wildman–Crippen LogP) is 3.56. The lowest BCUT2D eigenvalue weighted by Crippen LogP contribution is -2.16. The molecule has 0 saturated heterocycles. The zero-order chi connectivity index (χ0) is 18.0. The summed E-state index contributed by atoms with van der Waals surface area (Å²) in [7, 11) is -3.75. The molecule has 0 atom stereocenters. The van der Waals surface area contributed by atoms with Crippen LogP contribution in [0.15, 0.2) is 65.6 Å². The van der Waals surface area contributed by atoms with Crippen LogP contribution in [0, 0.1) is 0 Å². The Morgan fingerprint density at radius 3 is 2.31 bits per heavy atom. The Hall–Kier alpha value is -2.93. The molecule has 1 aliphatic carbocycles. The van der Waals surface area contributed by atoms with E-state index in [1.807, 2.05) is 30.3 Å². The molecule has 132 valence electrons. The van der Waals surface area contributed by atoms with Gasteiger partial charge in [0.15, 0.2) is 0 Å². The average Bonchev–Trinajstić information content (AvgIpc) is 3.12. The summed E-state index contributed by atoms with van der Waals surface area (Å²) in [6.45, 7) is 0. The number of aromatic nitrogens is 2. The molecule has 7 heteroatoms. The van der Waals surface area contributed by atoms with Crippen LogP contribution in [0.2, 0.25) is 0 Å². The number of fused-ring (bicyclic) bond motifs is 1. The van der Waals surface area contributed by atoms with Gasteiger partial charge in [0.05, 0.1) is 10.6 Å². The second-order valence-corrected chi connectivity index (χ2v) is 7.65. The van der Waals surface area contributed by atoms with Crippen molar-refractivity contribution in [2.45, 2.75) is 24.2 Å². The van der Waals surface area contributed by atoms with Crippen molar-refractivity contribution in [2.75, 3.05) is 4.72 Å². The van der Waals surface area contributed by atoms with Crippen molar-refractivity contribution in [3.8, 4) is 11.6 Å². The quantitative estimate of drug-likeness (QED) is 0.746. The molecule has 1 aliphatic rings. The molecule has 0 bridgehead atoms. The first-order chi connectivity index (χ1) is 12.6. The smallest absolute Gasteiger partial charge is 0.264 e. The van der Waals surface area contributed by atoms with E-state index in [2.05, 4.69) is 14.7 Å². The highest BCUT2D eigenvalue weighted by Gasteiger charge is 2.23. The van der Waals surface area contributed by atoms with E-state index in [4.69, 9.17) is 4.74 Å². The molecule has 6 nitrogen and oxygen atoms in total. The fourth-order valence-electron chi connectivity index (χ4n) is 2.91. The standard InChI is InChI=1S/C19H17N3O3S/c23-26(24,15-10-5-2-6-11-15)22-19-20-17-13-7-12-16(17)18(21-19)25-14-8-3-1-4-9-14/h1-6,8-11H,7,12-13H2,(H,20,21,22). The molecule has 0 spiro atoms. The Morgan fingerprint density at radius 2 is 1.58 bits per heavy atom. The van der Waals surface area contributed by atoms with Crippen molar-refractivity contribution in [1.29, 1.82) is 0 Å². The molecule has 1 heterocycles. The van der Waals surface area contributed by atoms with Crippen LogP contribution < -0.4 is 9.46 Å². The van der Waals surface area contributed by atoms with E-state index < -0.39 is 10.0 Å². The molecular formula is C19H17N3O3S. The third-order valence-corrected chi connectivity index (χ3v) is 5.48. The lowest BCUT2D eigenvalue weighted by Gasteiger charge is -2.12. The van der Waals surface area contributed by atoms with Gasteiger partial charge < -0.3 is 4.74 Å². The van der Waals surface area contributed by atoms with Gasteiger partial charge in [-0.25, -0.2) is 18.1 Å². The van der Waals surface area contributed by atoms with Crippen LogP contribution in [0.3, 0.4) is 0 Å². The number of aryl methyl sites for hydroxylation is 1. The van der Waals surface area contributed by atoms with Crippen molar-refractivity contribution in [1.82, 2.24) is 9.97 Å². The molecule has 0 amide bonds. The molecule has 0 radical (unpaired) electrons. The van der Waals surface area contributed by atoms with Crippen LogP contribution in [0.4, 0.5) is 5.95 Å². The van der Waals surface area contributed by atoms with E-state index in [0.717, 1.165) is 30.5 Å². The topological polar surface area (TPSA) is 81.2 Å². The summed E-state index contributed by atoms with van der Waals surface area (Å²) in [5, 5.41) is 0. The van der Waals surface area contributed by atoms with Crippen molar-refractivity contribution in [3.05, 3.63) is 71.9 Å². The number of hydrogen-bond acceptors (Lipinski definition) is 5. The molecule has 1 aromatic heterocycles. The minimum Gasteiger partial charge on any atom is -0.439 e. The second-order valence-electron chi connectivity index (χ2n) is 5.96. The average molecular weight is 367 g/mol. The number of sulfonamides is 1. The number of nitrogens with one attached hydrogen (secondary N) is 1. The predicted molar refractivity (Wildman–Crippen MR) is 97.8 cm³/mol. The summed E-state index contributed by atoms with van der Waals surface area (Å²) in [4.78, 5) is 8.87. The fourth-order valence-corrected chi connectivity index (χ4v) is 3.87. The Morgan fingerprint density at radius 1 is 0.885 bits per heavy atom. The highest BCUT2D eigenvalue weighted by molar-refractivity contribution is 7.92. The van der Waals surface area contributed by atoms with E-state index in [-0.39, 0.29) is 10.8 Å². The molecule has 3 aromatic rings. The molecule has 0 saturated carbocycles. The first-order valence-electron chi connectivity index (χ1n) is 8.32. The lowest BCUT2D eigenvalue weighted by molar-refractivity contribution is 0.456. The van der Waals surface area contributed by atoms with Crippen molar-refractivity contribution in [3.63, 3.8) is 0 Å². The number of ether oxygens (including phenoxy) is 1. The maximum atomic E-state index is 12.5. The first-order valence-corrected chi connectivity index (χ1v) is 9.81. The van der Waals surface area contributed by atoms with Crippen LogP contribution in [-0.2, 0) is 22.9 Å². The van der Waals surface area contributed by atoms with E-state index in [1.54, 1.807) is 18.2 Å². The summed E-state index contributed by atoms with van der Waals surface area (Å²) in [5.74, 6) is 1.09. The lowest BCUT2D eigenvalue weighted by atomic mass is 10.2. The van der Waals surface area contributed by atoms with Crippen LogP contribution in [0.5, 0.6) is 11.6 Å². The zero-order valence-electron chi connectivity index (χ0n) is 13.9. The van der Waals surface area contributed by atoms with Gasteiger partial charge in [0.2, 0.25) is 11.8 Å². The molecule has 1 N–H and O–H groups in total. The summed E-state index contributed by atoms with van der Waals surface area (Å²) in [6.07, 6.45) is 2.55. The highest BCUT2D eigenvalue weighted by Crippen LogP contribution is 2.32. The number of hydrogen-bond donors (Lipinski definition) is 1. The Kier molecular flexibility index (Phi) is 4.30. The normalized spacial score (nSPS) is 13.2. The maximum Gasteiger partial charge on any atom is 0.264 e. The van der Waals surface area contributed by atoms with Crippen molar-refractivity contribution >= 4 is 16.0 Å². The summed E-state index contributed by atoms with van der Waals surface area (Å²) in [5.41, 5.74) is 1.77. The fraction of sp³-hybridized carbons (Fsp3) is 0.158. The molecule has 26 heavy (non-hydrogen) atoms. The van der Waals surface area contributed by atoms with E-state index in [9.17, 15) is 8.42 Å². The van der Waals surface area contributed by atoms with Gasteiger partial charge in [-0.15, -0.1) is 0 Å². The third kappa shape index (κ3) is 3.39. The van der Waals surface area contributed by atoms with Crippen LogP contribution in [0.1, 0.15) is 17.7 Å². The number of para-hydroxylation sites is 1. The molecule has 0 fully saturated rings. The van der Waals surface area contributed by atoms with Gasteiger partial charge in [-0.1, -0.05) is 36.4 Å². The molecule has 4 rings (SSSR count). The van der Waals surface area contributed by atoms with Gasteiger partial charge in [0.1, 0.15) is 5.75 Å². The van der Waals surface area contributed by atoms with Gasteiger partial charge in [0.25, 0.3) is 10.0 Å². The van der Waals surface area contributed by atoms with Crippen molar-refractivity contribution < 1.29 is 13.2 Å². The maximum absolute atomic E-state index is 12.5. The van der Waals surface area contributed by atoms with E-state index in [1.165, 1.54) is 12.1 Å². The Bertz CT molecular complexity index is 1020. The Balaban J connectivity index is 1.68. The molecule has 0 unspecified atom stereocenters. The molecule has 2 aromatic carbocycles.